The summed E-state index contributed by atoms with van der Waals surface area (Å²) < 4.78 is 13.8. The van der Waals surface area contributed by atoms with Crippen molar-refractivity contribution in [2.45, 2.75) is 31.8 Å². The van der Waals surface area contributed by atoms with Crippen LogP contribution in [0.4, 0.5) is 4.39 Å². The molecule has 1 aromatic heterocycles. The molecule has 21 heavy (non-hydrogen) atoms. The Balaban J connectivity index is 2.14. The van der Waals surface area contributed by atoms with Crippen LogP contribution in [0.1, 0.15) is 19.3 Å². The fraction of sp³-hybridized carbons (Fsp3) is 0.500. The highest BCUT2D eigenvalue weighted by Crippen LogP contribution is 2.26. The summed E-state index contributed by atoms with van der Waals surface area (Å²) in [6.07, 6.45) is 2.93. The van der Waals surface area contributed by atoms with E-state index in [-0.39, 0.29) is 5.92 Å². The van der Waals surface area contributed by atoms with Crippen LogP contribution in [-0.2, 0) is 16.1 Å². The minimum Gasteiger partial charge on any atom is -0.480 e. The van der Waals surface area contributed by atoms with E-state index in [1.165, 1.54) is 0 Å². The van der Waals surface area contributed by atoms with Gasteiger partial charge in [0, 0.05) is 5.92 Å². The second-order valence-corrected chi connectivity index (χ2v) is 4.92. The number of aromatic nitrogens is 2. The van der Waals surface area contributed by atoms with Gasteiger partial charge in [-0.3, -0.25) is 19.1 Å². The molecule has 0 radical (unpaired) electrons. The van der Waals surface area contributed by atoms with Crippen LogP contribution in [0.25, 0.3) is 0 Å². The molecular formula is C12H14FN3O5. The van der Waals surface area contributed by atoms with Gasteiger partial charge in [0.1, 0.15) is 6.04 Å². The summed E-state index contributed by atoms with van der Waals surface area (Å²) in [5.74, 6) is -3.16. The summed E-state index contributed by atoms with van der Waals surface area (Å²) in [5.41, 5.74) is -2.12. The molecule has 114 valence electrons. The Morgan fingerprint density at radius 1 is 1.48 bits per heavy atom. The van der Waals surface area contributed by atoms with Crippen molar-refractivity contribution in [2.75, 3.05) is 0 Å². The molecule has 1 amide bonds. The highest BCUT2D eigenvalue weighted by molar-refractivity contribution is 5.85. The monoisotopic (exact) mass is 299 g/mol. The Labute approximate surface area is 117 Å². The maximum absolute atomic E-state index is 13.1. The third-order valence-corrected chi connectivity index (χ3v) is 3.44. The van der Waals surface area contributed by atoms with Crippen LogP contribution in [0.15, 0.2) is 15.8 Å². The van der Waals surface area contributed by atoms with E-state index in [9.17, 15) is 23.6 Å². The largest absolute Gasteiger partial charge is 0.480 e. The maximum Gasteiger partial charge on any atom is 0.328 e. The molecule has 1 unspecified atom stereocenters. The number of halogens is 1. The van der Waals surface area contributed by atoms with Crippen molar-refractivity contribution < 1.29 is 19.1 Å². The highest BCUT2D eigenvalue weighted by Gasteiger charge is 2.29. The van der Waals surface area contributed by atoms with E-state index in [1.54, 1.807) is 4.98 Å². The van der Waals surface area contributed by atoms with E-state index < -0.39 is 41.5 Å². The number of aliphatic carboxylic acids is 1. The number of hydrogen-bond donors (Lipinski definition) is 3. The Kier molecular flexibility index (Phi) is 4.20. The van der Waals surface area contributed by atoms with Gasteiger partial charge in [-0.2, -0.15) is 4.39 Å². The second-order valence-electron chi connectivity index (χ2n) is 4.92. The predicted molar refractivity (Wildman–Crippen MR) is 68.2 cm³/mol. The molecule has 0 saturated heterocycles. The summed E-state index contributed by atoms with van der Waals surface area (Å²) in [4.78, 5) is 47.0. The zero-order valence-corrected chi connectivity index (χ0v) is 11.0. The quantitative estimate of drug-likeness (QED) is 0.647. The Morgan fingerprint density at radius 2 is 2.14 bits per heavy atom. The summed E-state index contributed by atoms with van der Waals surface area (Å²) in [7, 11) is 0. The van der Waals surface area contributed by atoms with Crippen molar-refractivity contribution >= 4 is 11.9 Å². The van der Waals surface area contributed by atoms with Crippen LogP contribution < -0.4 is 16.6 Å². The molecule has 0 spiro atoms. The van der Waals surface area contributed by atoms with Crippen LogP contribution in [0, 0.1) is 11.7 Å². The normalized spacial score (nSPS) is 16.0. The predicted octanol–water partition coefficient (Wildman–Crippen LogP) is -0.955. The molecule has 0 aliphatic heterocycles. The number of carboxylic acids is 1. The number of carbonyl (C=O) groups excluding carboxylic acids is 1. The summed E-state index contributed by atoms with van der Waals surface area (Å²) >= 11 is 0. The van der Waals surface area contributed by atoms with Gasteiger partial charge < -0.3 is 10.4 Å². The molecule has 8 nitrogen and oxygen atoms in total. The van der Waals surface area contributed by atoms with Gasteiger partial charge in [0.2, 0.25) is 11.7 Å². The lowest BCUT2D eigenvalue weighted by Crippen LogP contribution is -2.49. The highest BCUT2D eigenvalue weighted by atomic mass is 19.1. The lowest BCUT2D eigenvalue weighted by atomic mass is 9.84. The molecule has 9 heteroatoms. The first-order valence-corrected chi connectivity index (χ1v) is 6.41. The van der Waals surface area contributed by atoms with E-state index in [1.807, 2.05) is 0 Å². The van der Waals surface area contributed by atoms with Gasteiger partial charge in [-0.05, 0) is 12.8 Å². The number of carbonyl (C=O) groups is 2. The molecule has 1 aliphatic rings. The fourth-order valence-corrected chi connectivity index (χ4v) is 1.96. The minimum atomic E-state index is -1.37. The molecular weight excluding hydrogens is 285 g/mol. The zero-order valence-electron chi connectivity index (χ0n) is 11.0. The van der Waals surface area contributed by atoms with Crippen LogP contribution >= 0.6 is 0 Å². The summed E-state index contributed by atoms with van der Waals surface area (Å²) in [5, 5.41) is 11.4. The third kappa shape index (κ3) is 3.36. The molecule has 2 rings (SSSR count). The Bertz CT molecular complexity index is 676. The lowest BCUT2D eigenvalue weighted by molar-refractivity contribution is -0.143. The molecule has 1 heterocycles. The fourth-order valence-electron chi connectivity index (χ4n) is 1.96. The summed E-state index contributed by atoms with van der Waals surface area (Å²) in [6.45, 7) is -0.472. The number of aromatic amines is 1. The van der Waals surface area contributed by atoms with Crippen molar-refractivity contribution in [3.63, 3.8) is 0 Å². The van der Waals surface area contributed by atoms with E-state index in [2.05, 4.69) is 5.32 Å². The van der Waals surface area contributed by atoms with Gasteiger partial charge in [-0.1, -0.05) is 6.42 Å². The molecule has 1 saturated carbocycles. The van der Waals surface area contributed by atoms with E-state index in [0.717, 1.165) is 6.42 Å². The molecule has 1 aromatic rings. The van der Waals surface area contributed by atoms with Crippen LogP contribution in [-0.4, -0.2) is 32.6 Å². The van der Waals surface area contributed by atoms with Gasteiger partial charge in [0.25, 0.3) is 5.56 Å². The first-order valence-electron chi connectivity index (χ1n) is 6.41. The topological polar surface area (TPSA) is 121 Å². The number of nitrogens with one attached hydrogen (secondary N) is 2. The number of amides is 1. The third-order valence-electron chi connectivity index (χ3n) is 3.44. The van der Waals surface area contributed by atoms with Crippen molar-refractivity contribution in [1.29, 1.82) is 0 Å². The molecule has 1 aliphatic carbocycles. The number of rotatable bonds is 5. The minimum absolute atomic E-state index is 0.212. The van der Waals surface area contributed by atoms with E-state index >= 15 is 0 Å². The standard InChI is InChI=1S/C12H14FN3O5/c13-7-4-16(12(21)15-10(7)18)5-8(11(19)20)14-9(17)6-2-1-3-6/h4,6,8H,1-3,5H2,(H,14,17)(H,19,20)(H,15,18,21). The number of H-pyrrole nitrogens is 1. The molecule has 1 atom stereocenters. The molecule has 0 aromatic carbocycles. The van der Waals surface area contributed by atoms with Crippen LogP contribution in [0.5, 0.6) is 0 Å². The van der Waals surface area contributed by atoms with Crippen molar-refractivity contribution in [2.24, 2.45) is 5.92 Å². The number of carboxylic acid groups (broad SMARTS) is 1. The Morgan fingerprint density at radius 3 is 2.67 bits per heavy atom. The van der Waals surface area contributed by atoms with Crippen molar-refractivity contribution in [1.82, 2.24) is 14.9 Å². The first kappa shape index (κ1) is 14.9. The van der Waals surface area contributed by atoms with Gasteiger partial charge in [0.15, 0.2) is 0 Å². The van der Waals surface area contributed by atoms with E-state index in [0.29, 0.717) is 23.6 Å². The van der Waals surface area contributed by atoms with Gasteiger partial charge >= 0.3 is 11.7 Å². The van der Waals surface area contributed by atoms with Crippen LogP contribution in [0.2, 0.25) is 0 Å². The average Bonchev–Trinajstić information content (AvgIpc) is 2.32. The van der Waals surface area contributed by atoms with Gasteiger partial charge in [-0.25, -0.2) is 9.59 Å². The van der Waals surface area contributed by atoms with E-state index in [4.69, 9.17) is 5.11 Å². The molecule has 3 N–H and O–H groups in total. The number of hydrogen-bond acceptors (Lipinski definition) is 4. The molecule has 1 fully saturated rings. The number of nitrogens with zero attached hydrogens (tertiary/aromatic N) is 1. The summed E-state index contributed by atoms with van der Waals surface area (Å²) in [6, 6.07) is -1.37. The first-order chi connectivity index (χ1) is 9.88. The SMILES string of the molecule is O=C(NC(Cn1cc(F)c(=O)[nH]c1=O)C(=O)O)C1CCC1. The van der Waals surface area contributed by atoms with Gasteiger partial charge in [-0.15, -0.1) is 0 Å². The maximum atomic E-state index is 13.1. The second kappa shape index (κ2) is 5.90. The van der Waals surface area contributed by atoms with Gasteiger partial charge in [0.05, 0.1) is 12.7 Å². The molecule has 0 bridgehead atoms. The van der Waals surface area contributed by atoms with Crippen molar-refractivity contribution in [3.05, 3.63) is 32.9 Å². The van der Waals surface area contributed by atoms with Crippen molar-refractivity contribution in [3.8, 4) is 0 Å². The lowest BCUT2D eigenvalue weighted by Gasteiger charge is -2.26. The van der Waals surface area contributed by atoms with Crippen LogP contribution in [0.3, 0.4) is 0 Å². The average molecular weight is 299 g/mol. The zero-order chi connectivity index (χ0) is 15.6. The Hall–Kier alpha value is -2.45. The smallest absolute Gasteiger partial charge is 0.328 e.